The van der Waals surface area contributed by atoms with Crippen LogP contribution in [-0.4, -0.2) is 43.7 Å². The van der Waals surface area contributed by atoms with Gasteiger partial charge in [0.05, 0.1) is 23.2 Å². The molecule has 3 aromatic heterocycles. The number of halogens is 2. The number of pyridine rings is 1. The summed E-state index contributed by atoms with van der Waals surface area (Å²) in [4.78, 5) is 28.6. The van der Waals surface area contributed by atoms with Gasteiger partial charge >= 0.3 is 6.09 Å². The van der Waals surface area contributed by atoms with Gasteiger partial charge in [0.15, 0.2) is 0 Å². The fourth-order valence-corrected chi connectivity index (χ4v) is 5.00. The number of aromatic amines is 1. The van der Waals surface area contributed by atoms with Crippen molar-refractivity contribution in [3.8, 4) is 17.2 Å². The lowest BCUT2D eigenvalue weighted by molar-refractivity contribution is 0.0488. The lowest BCUT2D eigenvalue weighted by Crippen LogP contribution is -2.50. The van der Waals surface area contributed by atoms with E-state index < -0.39 is 23.8 Å². The number of alkyl carbamates (subject to hydrolysis) is 1. The molecule has 0 saturated heterocycles. The number of anilines is 1. The predicted octanol–water partition coefficient (Wildman–Crippen LogP) is 6.23. The van der Waals surface area contributed by atoms with E-state index in [1.165, 1.54) is 12.4 Å². The molecule has 1 amide bonds. The molecule has 3 heterocycles. The van der Waals surface area contributed by atoms with Gasteiger partial charge in [-0.25, -0.2) is 23.5 Å². The Hall–Kier alpha value is -4.33. The summed E-state index contributed by atoms with van der Waals surface area (Å²) in [6, 6.07) is 6.98. The largest absolute Gasteiger partial charge is 0.444 e. The standard InChI is InChI=1S/C28H29F2N7O2/c1-28(2,3)39-27(38)36-21-7-5-4-6-20(21)35-26-34-14-19-23(37-26)18(13-33-24(19)25(29)30)17-12-32-22-10-15(11-31)8-9-16(17)22/h8-10,12-14,20-21,25,32H,4-7H2,1-3H3,(H,36,38)(H,34,35,37). The van der Waals surface area contributed by atoms with Crippen LogP contribution in [0.2, 0.25) is 0 Å². The van der Waals surface area contributed by atoms with Crippen molar-refractivity contribution in [2.75, 3.05) is 5.32 Å². The van der Waals surface area contributed by atoms with Crippen molar-refractivity contribution in [2.45, 2.75) is 70.6 Å². The highest BCUT2D eigenvalue weighted by Crippen LogP contribution is 2.36. The number of hydrogen-bond donors (Lipinski definition) is 3. The van der Waals surface area contributed by atoms with E-state index >= 15 is 0 Å². The van der Waals surface area contributed by atoms with Crippen LogP contribution in [0, 0.1) is 11.3 Å². The van der Waals surface area contributed by atoms with Crippen LogP contribution in [0.4, 0.5) is 19.5 Å². The molecular weight excluding hydrogens is 504 g/mol. The van der Waals surface area contributed by atoms with E-state index in [9.17, 15) is 18.8 Å². The van der Waals surface area contributed by atoms with Crippen LogP contribution < -0.4 is 10.6 Å². The second kappa shape index (κ2) is 10.4. The lowest BCUT2D eigenvalue weighted by Gasteiger charge is -2.33. The van der Waals surface area contributed by atoms with Crippen LogP contribution in [0.3, 0.4) is 0 Å². The minimum Gasteiger partial charge on any atom is -0.444 e. The Morgan fingerprint density at radius 1 is 1.13 bits per heavy atom. The van der Waals surface area contributed by atoms with E-state index in [-0.39, 0.29) is 23.4 Å². The molecule has 2 unspecified atom stereocenters. The predicted molar refractivity (Wildman–Crippen MR) is 143 cm³/mol. The second-order valence-corrected chi connectivity index (χ2v) is 10.7. The Kier molecular flexibility index (Phi) is 7.04. The zero-order chi connectivity index (χ0) is 27.7. The van der Waals surface area contributed by atoms with Gasteiger partial charge in [-0.1, -0.05) is 18.9 Å². The summed E-state index contributed by atoms with van der Waals surface area (Å²) in [6.45, 7) is 5.42. The van der Waals surface area contributed by atoms with Crippen molar-refractivity contribution in [1.29, 1.82) is 5.26 Å². The number of alkyl halides is 2. The van der Waals surface area contributed by atoms with Crippen LogP contribution >= 0.6 is 0 Å². The first-order chi connectivity index (χ1) is 18.6. The molecule has 0 aliphatic heterocycles. The molecule has 39 heavy (non-hydrogen) atoms. The summed E-state index contributed by atoms with van der Waals surface area (Å²) in [7, 11) is 0. The van der Waals surface area contributed by atoms with Gasteiger partial charge in [-0.05, 0) is 45.7 Å². The summed E-state index contributed by atoms with van der Waals surface area (Å²) in [5, 5.41) is 16.5. The molecule has 1 fully saturated rings. The number of nitriles is 1. The number of fused-ring (bicyclic) bond motifs is 2. The fraction of sp³-hybridized carbons (Fsp3) is 0.393. The molecule has 4 aromatic rings. The minimum atomic E-state index is -2.80. The topological polar surface area (TPSA) is 129 Å². The van der Waals surface area contributed by atoms with Crippen molar-refractivity contribution in [3.63, 3.8) is 0 Å². The summed E-state index contributed by atoms with van der Waals surface area (Å²) < 4.78 is 33.1. The molecule has 5 rings (SSSR count). The van der Waals surface area contributed by atoms with Crippen LogP contribution in [0.25, 0.3) is 32.9 Å². The monoisotopic (exact) mass is 533 g/mol. The Bertz CT molecular complexity index is 1570. The Morgan fingerprint density at radius 3 is 2.62 bits per heavy atom. The number of amides is 1. The van der Waals surface area contributed by atoms with E-state index in [0.717, 1.165) is 42.1 Å². The molecule has 202 valence electrons. The zero-order valence-corrected chi connectivity index (χ0v) is 21.9. The van der Waals surface area contributed by atoms with E-state index in [0.29, 0.717) is 16.6 Å². The SMILES string of the molecule is CC(C)(C)OC(=O)NC1CCCCC1Nc1ncc2c(C(F)F)ncc(-c3c[nH]c4cc(C#N)ccc34)c2n1. The first-order valence-electron chi connectivity index (χ1n) is 12.8. The first-order valence-corrected chi connectivity index (χ1v) is 12.8. The molecular formula is C28H29F2N7O2. The van der Waals surface area contributed by atoms with Crippen molar-refractivity contribution < 1.29 is 18.3 Å². The van der Waals surface area contributed by atoms with Gasteiger partial charge in [-0.2, -0.15) is 5.26 Å². The Labute approximate surface area is 224 Å². The number of nitrogens with zero attached hydrogens (tertiary/aromatic N) is 4. The number of carbonyl (C=O) groups excluding carboxylic acids is 1. The zero-order valence-electron chi connectivity index (χ0n) is 21.9. The maximum Gasteiger partial charge on any atom is 0.407 e. The number of rotatable bonds is 5. The third-order valence-electron chi connectivity index (χ3n) is 6.74. The highest BCUT2D eigenvalue weighted by Gasteiger charge is 2.29. The molecule has 0 spiro atoms. The average Bonchev–Trinajstić information content (AvgIpc) is 3.31. The Balaban J connectivity index is 1.51. The van der Waals surface area contributed by atoms with Gasteiger partial charge < -0.3 is 20.4 Å². The second-order valence-electron chi connectivity index (χ2n) is 10.7. The van der Waals surface area contributed by atoms with E-state index in [2.05, 4.69) is 36.6 Å². The van der Waals surface area contributed by atoms with Gasteiger partial charge in [0, 0.05) is 52.0 Å². The van der Waals surface area contributed by atoms with Gasteiger partial charge in [-0.3, -0.25) is 4.98 Å². The average molecular weight is 534 g/mol. The smallest absolute Gasteiger partial charge is 0.407 e. The van der Waals surface area contributed by atoms with Crippen LogP contribution in [-0.2, 0) is 4.74 Å². The van der Waals surface area contributed by atoms with E-state index in [1.54, 1.807) is 18.3 Å². The number of aromatic nitrogens is 4. The van der Waals surface area contributed by atoms with E-state index in [1.807, 2.05) is 26.8 Å². The number of hydrogen-bond acceptors (Lipinski definition) is 7. The lowest BCUT2D eigenvalue weighted by atomic mass is 9.90. The Morgan fingerprint density at radius 2 is 1.90 bits per heavy atom. The molecule has 2 atom stereocenters. The van der Waals surface area contributed by atoms with E-state index in [4.69, 9.17) is 4.74 Å². The fourth-order valence-electron chi connectivity index (χ4n) is 5.00. The minimum absolute atomic E-state index is 0.156. The van der Waals surface area contributed by atoms with Crippen LogP contribution in [0.5, 0.6) is 0 Å². The number of carbonyl (C=O) groups is 1. The molecule has 9 nitrogen and oxygen atoms in total. The molecule has 1 aliphatic carbocycles. The first kappa shape index (κ1) is 26.3. The molecule has 1 saturated carbocycles. The quantitative estimate of drug-likeness (QED) is 0.277. The molecule has 1 aromatic carbocycles. The summed E-state index contributed by atoms with van der Waals surface area (Å²) in [6.07, 6.45) is 4.68. The maximum atomic E-state index is 13.8. The number of nitrogens with one attached hydrogen (secondary N) is 3. The summed E-state index contributed by atoms with van der Waals surface area (Å²) in [5.74, 6) is 0.268. The number of H-pyrrole nitrogens is 1. The summed E-state index contributed by atoms with van der Waals surface area (Å²) in [5.41, 5.74) is 1.84. The molecule has 3 N–H and O–H groups in total. The normalized spacial score (nSPS) is 17.8. The third-order valence-corrected chi connectivity index (χ3v) is 6.74. The van der Waals surface area contributed by atoms with Crippen molar-refractivity contribution in [1.82, 2.24) is 25.3 Å². The van der Waals surface area contributed by atoms with Crippen molar-refractivity contribution in [2.24, 2.45) is 0 Å². The molecule has 11 heteroatoms. The van der Waals surface area contributed by atoms with Crippen molar-refractivity contribution in [3.05, 3.63) is 48.0 Å². The van der Waals surface area contributed by atoms with Crippen LogP contribution in [0.1, 0.15) is 64.1 Å². The van der Waals surface area contributed by atoms with Gasteiger partial charge in [-0.15, -0.1) is 0 Å². The van der Waals surface area contributed by atoms with Crippen LogP contribution in [0.15, 0.2) is 36.8 Å². The van der Waals surface area contributed by atoms with Gasteiger partial charge in [0.1, 0.15) is 11.3 Å². The highest BCUT2D eigenvalue weighted by atomic mass is 19.3. The molecule has 0 radical (unpaired) electrons. The summed E-state index contributed by atoms with van der Waals surface area (Å²) >= 11 is 0. The maximum absolute atomic E-state index is 13.8. The highest BCUT2D eigenvalue weighted by molar-refractivity contribution is 6.04. The van der Waals surface area contributed by atoms with Gasteiger partial charge in [0.25, 0.3) is 6.43 Å². The molecule has 0 bridgehead atoms. The number of ether oxygens (including phenoxy) is 1. The van der Waals surface area contributed by atoms with Gasteiger partial charge in [0.2, 0.25) is 5.95 Å². The molecule has 1 aliphatic rings. The number of benzene rings is 1. The third kappa shape index (κ3) is 5.60. The van der Waals surface area contributed by atoms with Crippen molar-refractivity contribution >= 4 is 33.8 Å².